The van der Waals surface area contributed by atoms with Crippen LogP contribution in [0.15, 0.2) is 42.5 Å². The number of fused-ring (bicyclic) bond motifs is 2. The molecular weight excluding hydrogens is 453 g/mol. The summed E-state index contributed by atoms with van der Waals surface area (Å²) >= 11 is 18.9. The van der Waals surface area contributed by atoms with Crippen molar-refractivity contribution in [3.63, 3.8) is 0 Å². The highest BCUT2D eigenvalue weighted by Gasteiger charge is 2.47. The Morgan fingerprint density at radius 1 is 1.06 bits per heavy atom. The highest BCUT2D eigenvalue weighted by Crippen LogP contribution is 2.55. The highest BCUT2D eigenvalue weighted by molar-refractivity contribution is 6.42. The summed E-state index contributed by atoms with van der Waals surface area (Å²) in [4.78, 5) is 26.5. The second kappa shape index (κ2) is 8.97. The normalized spacial score (nSPS) is 19.7. The van der Waals surface area contributed by atoms with Crippen LogP contribution in [0.25, 0.3) is 6.08 Å². The van der Waals surface area contributed by atoms with Crippen molar-refractivity contribution < 1.29 is 9.59 Å². The molecule has 6 heteroatoms. The Morgan fingerprint density at radius 2 is 1.74 bits per heavy atom. The maximum absolute atomic E-state index is 12.8. The van der Waals surface area contributed by atoms with Crippen LogP contribution < -0.4 is 0 Å². The molecule has 4 rings (SSSR count). The quantitative estimate of drug-likeness (QED) is 0.461. The van der Waals surface area contributed by atoms with Crippen LogP contribution in [0.2, 0.25) is 15.1 Å². The predicted molar refractivity (Wildman–Crippen MR) is 127 cm³/mol. The van der Waals surface area contributed by atoms with E-state index in [-0.39, 0.29) is 23.0 Å². The zero-order valence-corrected chi connectivity index (χ0v) is 19.6. The van der Waals surface area contributed by atoms with E-state index in [1.54, 1.807) is 25.1 Å². The lowest BCUT2D eigenvalue weighted by Gasteiger charge is -2.40. The smallest absolute Gasteiger partial charge is 0.246 e. The van der Waals surface area contributed by atoms with Gasteiger partial charge < -0.3 is 9.69 Å². The first-order valence-electron chi connectivity index (χ1n) is 10.5. The summed E-state index contributed by atoms with van der Waals surface area (Å²) in [5.41, 5.74) is 3.05. The Labute approximate surface area is 198 Å². The van der Waals surface area contributed by atoms with Crippen molar-refractivity contribution in [2.75, 3.05) is 13.1 Å². The summed E-state index contributed by atoms with van der Waals surface area (Å²) < 4.78 is 0. The number of likely N-dealkylation sites (tertiary alicyclic amines) is 1. The van der Waals surface area contributed by atoms with Crippen LogP contribution in [0, 0.1) is 0 Å². The molecule has 0 saturated carbocycles. The van der Waals surface area contributed by atoms with Gasteiger partial charge in [0.2, 0.25) is 5.91 Å². The van der Waals surface area contributed by atoms with Gasteiger partial charge in [-0.15, -0.1) is 0 Å². The number of carbonyl (C=O) groups excluding carboxylic acids is 2. The molecule has 1 fully saturated rings. The molecule has 31 heavy (non-hydrogen) atoms. The molecule has 2 aromatic carbocycles. The van der Waals surface area contributed by atoms with E-state index in [9.17, 15) is 9.59 Å². The van der Waals surface area contributed by atoms with Gasteiger partial charge in [-0.1, -0.05) is 59.1 Å². The molecule has 1 heterocycles. The lowest BCUT2D eigenvalue weighted by Crippen LogP contribution is -2.44. The minimum atomic E-state index is -0.0649. The third kappa shape index (κ3) is 4.41. The topological polar surface area (TPSA) is 37.4 Å². The lowest BCUT2D eigenvalue weighted by molar-refractivity contribution is -0.127. The summed E-state index contributed by atoms with van der Waals surface area (Å²) in [5.74, 6) is 0.368. The first-order chi connectivity index (χ1) is 14.8. The number of amides is 1. The van der Waals surface area contributed by atoms with Crippen molar-refractivity contribution in [1.29, 1.82) is 0 Å². The van der Waals surface area contributed by atoms with Gasteiger partial charge >= 0.3 is 0 Å². The minimum Gasteiger partial charge on any atom is -0.339 e. The van der Waals surface area contributed by atoms with Crippen molar-refractivity contribution in [2.24, 2.45) is 0 Å². The second-order valence-electron chi connectivity index (χ2n) is 8.59. The highest BCUT2D eigenvalue weighted by atomic mass is 35.5. The number of piperidine rings is 1. The summed E-state index contributed by atoms with van der Waals surface area (Å²) in [6, 6.07) is 11.4. The van der Waals surface area contributed by atoms with Gasteiger partial charge in [0.05, 0.1) is 10.0 Å². The maximum atomic E-state index is 12.8. The van der Waals surface area contributed by atoms with E-state index < -0.39 is 0 Å². The van der Waals surface area contributed by atoms with Gasteiger partial charge in [0, 0.05) is 36.0 Å². The van der Waals surface area contributed by atoms with Crippen LogP contribution in [-0.2, 0) is 15.0 Å². The predicted octanol–water partition coefficient (Wildman–Crippen LogP) is 6.69. The van der Waals surface area contributed by atoms with Gasteiger partial charge in [0.15, 0.2) is 0 Å². The molecule has 2 aliphatic rings. The average molecular weight is 477 g/mol. The molecule has 0 radical (unpaired) electrons. The number of benzene rings is 2. The molecule has 1 unspecified atom stereocenters. The fourth-order valence-electron chi connectivity index (χ4n) is 5.18. The monoisotopic (exact) mass is 475 g/mol. The van der Waals surface area contributed by atoms with Crippen LogP contribution in [0.5, 0.6) is 0 Å². The van der Waals surface area contributed by atoms with Gasteiger partial charge in [-0.05, 0) is 67.0 Å². The number of hydrogen-bond acceptors (Lipinski definition) is 2. The standard InChI is InChI=1S/C25H24Cl3NO2/c1-16(30)14-18-15-25(23-19(18)5-3-6-20(23)26)10-12-29(13-11-25)22(31)9-8-17-4-2-7-21(27)24(17)28/h2-9,18H,10-15H2,1H3/b9-8+. The Balaban J connectivity index is 1.49. The van der Waals surface area contributed by atoms with Gasteiger partial charge in [-0.3, -0.25) is 4.79 Å². The summed E-state index contributed by atoms with van der Waals surface area (Å²) in [5, 5.41) is 1.69. The molecule has 1 aliphatic carbocycles. The van der Waals surface area contributed by atoms with Crippen LogP contribution in [0.3, 0.4) is 0 Å². The SMILES string of the molecule is CC(=O)CC1CC2(CCN(C(=O)/C=C/c3cccc(Cl)c3Cl)CC2)c2c(Cl)cccc21. The van der Waals surface area contributed by atoms with E-state index >= 15 is 0 Å². The fraction of sp³-hybridized carbons (Fsp3) is 0.360. The first kappa shape index (κ1) is 22.4. The number of rotatable bonds is 4. The molecule has 0 N–H and O–H groups in total. The molecule has 1 saturated heterocycles. The maximum Gasteiger partial charge on any atom is 0.246 e. The van der Waals surface area contributed by atoms with E-state index in [4.69, 9.17) is 34.8 Å². The molecule has 1 amide bonds. The second-order valence-corrected chi connectivity index (χ2v) is 9.79. The number of Topliss-reactive ketones (excluding diaryl/α,β-unsaturated/α-hetero) is 1. The van der Waals surface area contributed by atoms with E-state index in [2.05, 4.69) is 6.07 Å². The molecule has 3 nitrogen and oxygen atoms in total. The molecule has 162 valence electrons. The number of ketones is 1. The van der Waals surface area contributed by atoms with Crippen molar-refractivity contribution in [1.82, 2.24) is 4.90 Å². The van der Waals surface area contributed by atoms with Gasteiger partial charge in [0.1, 0.15) is 5.78 Å². The summed E-state index contributed by atoms with van der Waals surface area (Å²) in [6.45, 7) is 2.96. The van der Waals surface area contributed by atoms with E-state index in [0.717, 1.165) is 29.8 Å². The molecular formula is C25H24Cl3NO2. The van der Waals surface area contributed by atoms with Crippen molar-refractivity contribution in [3.05, 3.63) is 74.2 Å². The van der Waals surface area contributed by atoms with E-state index in [1.807, 2.05) is 29.2 Å². The zero-order chi connectivity index (χ0) is 22.2. The van der Waals surface area contributed by atoms with Gasteiger partial charge in [-0.2, -0.15) is 0 Å². The van der Waals surface area contributed by atoms with Crippen LogP contribution >= 0.6 is 34.8 Å². The molecule has 0 bridgehead atoms. The lowest BCUT2D eigenvalue weighted by atomic mass is 9.73. The zero-order valence-electron chi connectivity index (χ0n) is 17.3. The fourth-order valence-corrected chi connectivity index (χ4v) is 5.93. The third-order valence-corrected chi connectivity index (χ3v) is 7.75. The van der Waals surface area contributed by atoms with Crippen LogP contribution in [-0.4, -0.2) is 29.7 Å². The molecule has 2 aromatic rings. The molecule has 1 aliphatic heterocycles. The minimum absolute atomic E-state index is 0.0384. The Kier molecular flexibility index (Phi) is 6.48. The van der Waals surface area contributed by atoms with Crippen LogP contribution in [0.4, 0.5) is 0 Å². The van der Waals surface area contributed by atoms with Crippen molar-refractivity contribution in [3.8, 4) is 0 Å². The molecule has 0 aromatic heterocycles. The Bertz CT molecular complexity index is 1050. The number of carbonyl (C=O) groups is 2. The Morgan fingerprint density at radius 3 is 2.45 bits per heavy atom. The number of halogens is 3. The molecule has 1 spiro atoms. The first-order valence-corrected chi connectivity index (χ1v) is 11.6. The summed E-state index contributed by atoms with van der Waals surface area (Å²) in [6.07, 6.45) is 6.42. The van der Waals surface area contributed by atoms with E-state index in [0.29, 0.717) is 29.6 Å². The van der Waals surface area contributed by atoms with Crippen LogP contribution in [0.1, 0.15) is 55.2 Å². The van der Waals surface area contributed by atoms with Crippen molar-refractivity contribution in [2.45, 2.75) is 43.9 Å². The number of nitrogens with zero attached hydrogens (tertiary/aromatic N) is 1. The van der Waals surface area contributed by atoms with Crippen molar-refractivity contribution >= 4 is 52.6 Å². The van der Waals surface area contributed by atoms with E-state index in [1.165, 1.54) is 11.1 Å². The third-order valence-electron chi connectivity index (χ3n) is 6.61. The number of hydrogen-bond donors (Lipinski definition) is 0. The largest absolute Gasteiger partial charge is 0.339 e. The molecule has 1 atom stereocenters. The van der Waals surface area contributed by atoms with Gasteiger partial charge in [-0.25, -0.2) is 0 Å². The average Bonchev–Trinajstić information content (AvgIpc) is 3.03. The Hall–Kier alpha value is -1.81. The van der Waals surface area contributed by atoms with Gasteiger partial charge in [0.25, 0.3) is 0 Å². The summed E-state index contributed by atoms with van der Waals surface area (Å²) in [7, 11) is 0.